The Labute approximate surface area is 144 Å². The zero-order valence-corrected chi connectivity index (χ0v) is 14.1. The maximum absolute atomic E-state index is 12.6. The summed E-state index contributed by atoms with van der Waals surface area (Å²) in [5.41, 5.74) is 0.541. The van der Waals surface area contributed by atoms with Gasteiger partial charge in [-0.25, -0.2) is 4.98 Å². The van der Waals surface area contributed by atoms with Crippen LogP contribution < -0.4 is 0 Å². The van der Waals surface area contributed by atoms with E-state index in [1.165, 1.54) is 0 Å². The fraction of sp³-hybridized carbons (Fsp3) is 0.562. The molecule has 24 heavy (non-hydrogen) atoms. The Morgan fingerprint density at radius 2 is 2.42 bits per heavy atom. The summed E-state index contributed by atoms with van der Waals surface area (Å²) in [7, 11) is 0. The van der Waals surface area contributed by atoms with Crippen LogP contribution in [0.2, 0.25) is 0 Å². The van der Waals surface area contributed by atoms with E-state index >= 15 is 0 Å². The molecule has 2 aromatic heterocycles. The highest BCUT2D eigenvalue weighted by Gasteiger charge is 2.44. The van der Waals surface area contributed by atoms with E-state index in [9.17, 15) is 4.79 Å². The second-order valence-corrected chi connectivity index (χ2v) is 7.13. The number of thiazole rings is 1. The molecule has 4 rings (SSSR count). The molecule has 0 aromatic carbocycles. The number of hydrogen-bond acceptors (Lipinski definition) is 6. The summed E-state index contributed by atoms with van der Waals surface area (Å²) < 4.78 is 11.8. The normalized spacial score (nSPS) is 26.5. The fourth-order valence-electron chi connectivity index (χ4n) is 3.64. The molecule has 3 heterocycles. The van der Waals surface area contributed by atoms with E-state index < -0.39 is 0 Å². The third-order valence-corrected chi connectivity index (χ3v) is 5.51. The number of morpholine rings is 1. The van der Waals surface area contributed by atoms with Gasteiger partial charge in [0, 0.05) is 30.2 Å². The van der Waals surface area contributed by atoms with E-state index in [1.807, 2.05) is 10.3 Å². The Bertz CT molecular complexity index is 661. The number of carbonyl (C=O) groups is 1. The quantitative estimate of drug-likeness (QED) is 0.890. The van der Waals surface area contributed by atoms with Gasteiger partial charge in [-0.3, -0.25) is 9.89 Å². The molecule has 1 aliphatic carbocycles. The van der Waals surface area contributed by atoms with Crippen molar-refractivity contribution in [1.29, 1.82) is 0 Å². The lowest BCUT2D eigenvalue weighted by Gasteiger charge is -2.39. The predicted molar refractivity (Wildman–Crippen MR) is 87.6 cm³/mol. The summed E-state index contributed by atoms with van der Waals surface area (Å²) in [5, 5.41) is 9.58. The van der Waals surface area contributed by atoms with Crippen molar-refractivity contribution >= 4 is 17.2 Å². The highest BCUT2D eigenvalue weighted by Crippen LogP contribution is 2.35. The monoisotopic (exact) mass is 348 g/mol. The highest BCUT2D eigenvalue weighted by molar-refractivity contribution is 7.09. The van der Waals surface area contributed by atoms with Crippen molar-refractivity contribution in [1.82, 2.24) is 20.1 Å². The molecule has 1 saturated carbocycles. The minimum absolute atomic E-state index is 0.00940. The third-order valence-electron chi connectivity index (χ3n) is 4.75. The Balaban J connectivity index is 1.36. The van der Waals surface area contributed by atoms with Gasteiger partial charge in [0.15, 0.2) is 0 Å². The molecule has 2 aliphatic rings. The van der Waals surface area contributed by atoms with E-state index in [0.29, 0.717) is 38.0 Å². The number of aromatic nitrogens is 3. The number of fused-ring (bicyclic) bond motifs is 1. The van der Waals surface area contributed by atoms with Crippen molar-refractivity contribution < 1.29 is 14.3 Å². The van der Waals surface area contributed by atoms with Crippen LogP contribution in [0.15, 0.2) is 23.8 Å². The molecule has 128 valence electrons. The smallest absolute Gasteiger partial charge is 0.272 e. The molecule has 1 aliphatic heterocycles. The molecular weight excluding hydrogens is 328 g/mol. The van der Waals surface area contributed by atoms with Crippen LogP contribution in [0.5, 0.6) is 0 Å². The first-order chi connectivity index (χ1) is 11.8. The van der Waals surface area contributed by atoms with Crippen LogP contribution in [-0.4, -0.2) is 57.9 Å². The molecule has 2 aromatic rings. The van der Waals surface area contributed by atoms with E-state index in [0.717, 1.165) is 17.8 Å². The summed E-state index contributed by atoms with van der Waals surface area (Å²) in [4.78, 5) is 18.8. The van der Waals surface area contributed by atoms with E-state index in [2.05, 4.69) is 15.2 Å². The first-order valence-corrected chi connectivity index (χ1v) is 9.09. The maximum atomic E-state index is 12.6. The van der Waals surface area contributed by atoms with Gasteiger partial charge in [-0.1, -0.05) is 0 Å². The number of carbonyl (C=O) groups excluding carboxylic acids is 1. The highest BCUT2D eigenvalue weighted by atomic mass is 32.1. The van der Waals surface area contributed by atoms with Crippen LogP contribution >= 0.6 is 11.3 Å². The first kappa shape index (κ1) is 15.7. The van der Waals surface area contributed by atoms with Gasteiger partial charge >= 0.3 is 0 Å². The number of amides is 1. The summed E-state index contributed by atoms with van der Waals surface area (Å²) in [6.07, 6.45) is 5.42. The molecule has 7 nitrogen and oxygen atoms in total. The number of aromatic amines is 1. The molecule has 1 N–H and O–H groups in total. The Morgan fingerprint density at radius 3 is 3.21 bits per heavy atom. The van der Waals surface area contributed by atoms with Crippen LogP contribution in [0, 0.1) is 5.92 Å². The van der Waals surface area contributed by atoms with Crippen LogP contribution in [0.4, 0.5) is 0 Å². The molecule has 3 atom stereocenters. The topological polar surface area (TPSA) is 80.3 Å². The van der Waals surface area contributed by atoms with E-state index in [-0.39, 0.29) is 18.1 Å². The molecule has 0 radical (unpaired) electrons. The molecule has 8 heteroatoms. The van der Waals surface area contributed by atoms with Crippen molar-refractivity contribution in [2.45, 2.75) is 31.6 Å². The zero-order chi connectivity index (χ0) is 16.4. The van der Waals surface area contributed by atoms with Gasteiger partial charge in [-0.15, -0.1) is 11.3 Å². The first-order valence-electron chi connectivity index (χ1n) is 8.21. The lowest BCUT2D eigenvalue weighted by atomic mass is 10.0. The average Bonchev–Trinajstić information content (AvgIpc) is 3.36. The average molecular weight is 348 g/mol. The Kier molecular flexibility index (Phi) is 4.59. The van der Waals surface area contributed by atoms with Crippen molar-refractivity contribution in [3.8, 4) is 0 Å². The van der Waals surface area contributed by atoms with Crippen molar-refractivity contribution in [3.63, 3.8) is 0 Å². The standard InChI is InChI=1S/C16H20N4O3S/c21-16(12-3-4-18-19-12)20-6-7-23-15-11(1-2-13(15)20)9-22-10-14-17-5-8-24-14/h3-5,8,11,13,15H,1-2,6-7,9-10H2,(H,18,19)/t11-,13-,15+/m0/s1. The van der Waals surface area contributed by atoms with Gasteiger partial charge in [0.05, 0.1) is 32.0 Å². The van der Waals surface area contributed by atoms with Crippen molar-refractivity contribution in [2.24, 2.45) is 5.92 Å². The third kappa shape index (κ3) is 3.09. The molecule has 1 amide bonds. The number of rotatable bonds is 5. The van der Waals surface area contributed by atoms with Crippen LogP contribution in [0.3, 0.4) is 0 Å². The van der Waals surface area contributed by atoms with Crippen LogP contribution in [0.25, 0.3) is 0 Å². The fourth-order valence-corrected chi connectivity index (χ4v) is 4.19. The van der Waals surface area contributed by atoms with E-state index in [1.54, 1.807) is 29.8 Å². The van der Waals surface area contributed by atoms with Gasteiger partial charge in [-0.05, 0) is 18.9 Å². The van der Waals surface area contributed by atoms with Crippen molar-refractivity contribution in [2.75, 3.05) is 19.8 Å². The van der Waals surface area contributed by atoms with Crippen molar-refractivity contribution in [3.05, 3.63) is 34.5 Å². The van der Waals surface area contributed by atoms with Gasteiger partial charge in [0.2, 0.25) is 0 Å². The number of H-pyrrole nitrogens is 1. The lowest BCUT2D eigenvalue weighted by Crippen LogP contribution is -2.53. The summed E-state index contributed by atoms with van der Waals surface area (Å²) in [5.74, 6) is 0.336. The molecule has 0 spiro atoms. The number of hydrogen-bond donors (Lipinski definition) is 1. The summed E-state index contributed by atoms with van der Waals surface area (Å²) >= 11 is 1.60. The van der Waals surface area contributed by atoms with Crippen LogP contribution in [0.1, 0.15) is 28.3 Å². The second kappa shape index (κ2) is 7.00. The number of nitrogens with one attached hydrogen (secondary N) is 1. The number of ether oxygens (including phenoxy) is 2. The Hall–Kier alpha value is -1.77. The molecule has 2 fully saturated rings. The van der Waals surface area contributed by atoms with Gasteiger partial charge in [0.1, 0.15) is 10.7 Å². The van der Waals surface area contributed by atoms with E-state index in [4.69, 9.17) is 9.47 Å². The lowest BCUT2D eigenvalue weighted by molar-refractivity contribution is -0.0766. The molecular formula is C16H20N4O3S. The second-order valence-electron chi connectivity index (χ2n) is 6.15. The largest absolute Gasteiger partial charge is 0.374 e. The SMILES string of the molecule is O=C(c1ccn[nH]1)N1CCO[C@@H]2[C@H](COCc3nccs3)CC[C@@H]21. The minimum Gasteiger partial charge on any atom is -0.374 e. The minimum atomic E-state index is 0.00940. The zero-order valence-electron chi connectivity index (χ0n) is 13.3. The summed E-state index contributed by atoms with van der Waals surface area (Å²) in [6, 6.07) is 1.85. The molecule has 0 bridgehead atoms. The summed E-state index contributed by atoms with van der Waals surface area (Å²) in [6.45, 7) is 2.39. The van der Waals surface area contributed by atoms with Gasteiger partial charge in [-0.2, -0.15) is 5.10 Å². The number of nitrogens with zero attached hydrogens (tertiary/aromatic N) is 3. The van der Waals surface area contributed by atoms with Gasteiger partial charge in [0.25, 0.3) is 5.91 Å². The molecule has 0 unspecified atom stereocenters. The van der Waals surface area contributed by atoms with Crippen LogP contribution in [-0.2, 0) is 16.1 Å². The predicted octanol–water partition coefficient (Wildman–Crippen LogP) is 1.70. The Morgan fingerprint density at radius 1 is 1.46 bits per heavy atom. The molecule has 1 saturated heterocycles. The van der Waals surface area contributed by atoms with Gasteiger partial charge < -0.3 is 14.4 Å². The maximum Gasteiger partial charge on any atom is 0.272 e.